The number of hydrogen-bond donors (Lipinski definition) is 2. The van der Waals surface area contributed by atoms with E-state index in [0.29, 0.717) is 33.8 Å². The Kier molecular flexibility index (Phi) is 13.0. The molecule has 10 nitrogen and oxygen atoms in total. The van der Waals surface area contributed by atoms with E-state index in [-0.39, 0.29) is 38.1 Å². The lowest BCUT2D eigenvalue weighted by molar-refractivity contribution is -0.143. The SMILES string of the molecule is CC.O=C(CNCC(=O)OCc1ccccc1)Nc1ccc(C2SC(=Nc3cccc(Oc4ccccc4)c3)N(Cc3ccco3)C2=O)cc1. The van der Waals surface area contributed by atoms with E-state index in [2.05, 4.69) is 10.6 Å². The Morgan fingerprint density at radius 2 is 1.56 bits per heavy atom. The molecule has 2 heterocycles. The molecule has 4 aromatic carbocycles. The van der Waals surface area contributed by atoms with Gasteiger partial charge in [-0.1, -0.05) is 92.3 Å². The summed E-state index contributed by atoms with van der Waals surface area (Å²) in [7, 11) is 0. The number of carbonyl (C=O) groups excluding carboxylic acids is 3. The number of amides is 2. The standard InChI is InChI=1S/C37H32N4O6S.C2H6/c42-33(22-38-23-34(43)46-25-26-9-3-1-4-10-26)39-28-18-16-27(17-19-28)35-36(44)41(24-32-15-8-20-45-32)37(48-35)40-29-11-7-14-31(21-29)47-30-12-5-2-6-13-30;1-2/h1-21,35,38H,22-25H2,(H,39,42);1-2H3. The molecule has 0 radical (unpaired) electrons. The zero-order valence-electron chi connectivity index (χ0n) is 27.8. The van der Waals surface area contributed by atoms with E-state index < -0.39 is 11.2 Å². The highest BCUT2D eigenvalue weighted by molar-refractivity contribution is 8.15. The molecule has 50 heavy (non-hydrogen) atoms. The zero-order chi connectivity index (χ0) is 35.1. The Labute approximate surface area is 295 Å². The molecule has 1 aliphatic rings. The van der Waals surface area contributed by atoms with E-state index in [1.165, 1.54) is 11.8 Å². The number of para-hydroxylation sites is 1. The van der Waals surface area contributed by atoms with Gasteiger partial charge in [0.15, 0.2) is 5.17 Å². The summed E-state index contributed by atoms with van der Waals surface area (Å²) in [4.78, 5) is 44.7. The minimum Gasteiger partial charge on any atom is -0.467 e. The van der Waals surface area contributed by atoms with Crippen LogP contribution in [0.15, 0.2) is 137 Å². The maximum atomic E-state index is 13.7. The lowest BCUT2D eigenvalue weighted by Crippen LogP contribution is -2.32. The number of ether oxygens (including phenoxy) is 2. The summed E-state index contributed by atoms with van der Waals surface area (Å²) in [5.41, 5.74) is 2.85. The lowest BCUT2D eigenvalue weighted by Gasteiger charge is -2.15. The number of nitrogens with zero attached hydrogens (tertiary/aromatic N) is 2. The van der Waals surface area contributed by atoms with Gasteiger partial charge in [-0.25, -0.2) is 4.99 Å². The topological polar surface area (TPSA) is 122 Å². The van der Waals surface area contributed by atoms with Crippen LogP contribution in [0, 0.1) is 0 Å². The number of carbonyl (C=O) groups is 3. The Morgan fingerprint density at radius 3 is 2.28 bits per heavy atom. The number of thioether (sulfide) groups is 1. The third kappa shape index (κ3) is 10.2. The molecule has 1 aromatic heterocycles. The molecular formula is C39H38N4O6S. The van der Waals surface area contributed by atoms with Gasteiger partial charge in [-0.2, -0.15) is 0 Å². The predicted octanol–water partition coefficient (Wildman–Crippen LogP) is 7.87. The zero-order valence-corrected chi connectivity index (χ0v) is 28.6. The van der Waals surface area contributed by atoms with Gasteiger partial charge in [-0.15, -0.1) is 0 Å². The summed E-state index contributed by atoms with van der Waals surface area (Å²) in [6, 6.07) is 36.9. The second kappa shape index (κ2) is 18.2. The number of benzene rings is 4. The summed E-state index contributed by atoms with van der Waals surface area (Å²) < 4.78 is 16.7. The quantitative estimate of drug-likeness (QED) is 0.120. The third-order valence-corrected chi connectivity index (χ3v) is 8.39. The van der Waals surface area contributed by atoms with Crippen molar-refractivity contribution in [3.8, 4) is 11.5 Å². The molecule has 5 aromatic rings. The Morgan fingerprint density at radius 1 is 0.840 bits per heavy atom. The molecule has 2 amide bonds. The fourth-order valence-electron chi connectivity index (χ4n) is 4.82. The van der Waals surface area contributed by atoms with Crippen molar-refractivity contribution < 1.29 is 28.3 Å². The van der Waals surface area contributed by atoms with Crippen LogP contribution in [0.2, 0.25) is 0 Å². The number of aliphatic imine (C=N–C) groups is 1. The molecule has 256 valence electrons. The van der Waals surface area contributed by atoms with Gasteiger partial charge in [-0.05, 0) is 59.7 Å². The fraction of sp³-hybridized carbons (Fsp3) is 0.179. The first-order chi connectivity index (χ1) is 24.5. The minimum absolute atomic E-state index is 0.0711. The maximum absolute atomic E-state index is 13.7. The monoisotopic (exact) mass is 690 g/mol. The summed E-state index contributed by atoms with van der Waals surface area (Å²) in [5, 5.41) is 5.58. The third-order valence-electron chi connectivity index (χ3n) is 7.15. The van der Waals surface area contributed by atoms with Crippen molar-refractivity contribution in [3.63, 3.8) is 0 Å². The average molecular weight is 691 g/mol. The second-order valence-corrected chi connectivity index (χ2v) is 11.8. The van der Waals surface area contributed by atoms with Crippen LogP contribution in [-0.4, -0.2) is 40.9 Å². The first kappa shape index (κ1) is 35.7. The first-order valence-electron chi connectivity index (χ1n) is 16.2. The molecule has 0 saturated carbocycles. The molecule has 6 rings (SSSR count). The number of rotatable bonds is 13. The van der Waals surface area contributed by atoms with Gasteiger partial charge in [0.05, 0.1) is 31.6 Å². The second-order valence-electron chi connectivity index (χ2n) is 10.7. The molecule has 1 saturated heterocycles. The van der Waals surface area contributed by atoms with Crippen molar-refractivity contribution in [3.05, 3.63) is 144 Å². The van der Waals surface area contributed by atoms with Gasteiger partial charge < -0.3 is 19.2 Å². The molecule has 1 unspecified atom stereocenters. The molecule has 11 heteroatoms. The largest absolute Gasteiger partial charge is 0.467 e. The van der Waals surface area contributed by atoms with E-state index in [4.69, 9.17) is 18.9 Å². The minimum atomic E-state index is -0.546. The highest BCUT2D eigenvalue weighted by Crippen LogP contribution is 2.42. The van der Waals surface area contributed by atoms with Crippen molar-refractivity contribution in [1.82, 2.24) is 10.2 Å². The van der Waals surface area contributed by atoms with E-state index in [0.717, 1.165) is 11.1 Å². The molecule has 1 atom stereocenters. The molecule has 1 aliphatic heterocycles. The van der Waals surface area contributed by atoms with Crippen LogP contribution >= 0.6 is 11.8 Å². The van der Waals surface area contributed by atoms with Gasteiger partial charge in [0.1, 0.15) is 29.1 Å². The maximum Gasteiger partial charge on any atom is 0.320 e. The van der Waals surface area contributed by atoms with Crippen LogP contribution in [-0.2, 0) is 32.3 Å². The van der Waals surface area contributed by atoms with Crippen molar-refractivity contribution in [2.45, 2.75) is 32.2 Å². The van der Waals surface area contributed by atoms with E-state index >= 15 is 0 Å². The van der Waals surface area contributed by atoms with Gasteiger partial charge >= 0.3 is 5.97 Å². The van der Waals surface area contributed by atoms with Crippen LogP contribution in [0.3, 0.4) is 0 Å². The van der Waals surface area contributed by atoms with Crippen molar-refractivity contribution >= 4 is 46.1 Å². The van der Waals surface area contributed by atoms with Crippen LogP contribution in [0.25, 0.3) is 0 Å². The molecule has 2 N–H and O–H groups in total. The highest BCUT2D eigenvalue weighted by atomic mass is 32.2. The Bertz CT molecular complexity index is 1870. The van der Waals surface area contributed by atoms with Crippen LogP contribution in [0.4, 0.5) is 11.4 Å². The number of anilines is 1. The number of esters is 1. The number of furan rings is 1. The molecule has 0 aliphatic carbocycles. The fourth-order valence-corrected chi connectivity index (χ4v) is 5.99. The predicted molar refractivity (Wildman–Crippen MR) is 195 cm³/mol. The molecule has 0 bridgehead atoms. The Hall–Kier alpha value is -5.65. The van der Waals surface area contributed by atoms with Crippen molar-refractivity contribution in [1.29, 1.82) is 0 Å². The van der Waals surface area contributed by atoms with Crippen molar-refractivity contribution in [2.24, 2.45) is 4.99 Å². The summed E-state index contributed by atoms with van der Waals surface area (Å²) in [6.45, 7) is 4.24. The first-order valence-corrected chi connectivity index (χ1v) is 17.1. The van der Waals surface area contributed by atoms with Gasteiger partial charge in [-0.3, -0.25) is 24.6 Å². The van der Waals surface area contributed by atoms with E-state index in [1.54, 1.807) is 29.4 Å². The molecule has 1 fully saturated rings. The summed E-state index contributed by atoms with van der Waals surface area (Å²) in [6.07, 6.45) is 1.57. The van der Waals surface area contributed by atoms with Gasteiger partial charge in [0.25, 0.3) is 0 Å². The summed E-state index contributed by atoms with van der Waals surface area (Å²) >= 11 is 1.35. The van der Waals surface area contributed by atoms with Crippen LogP contribution < -0.4 is 15.4 Å². The number of nitrogens with one attached hydrogen (secondary N) is 2. The van der Waals surface area contributed by atoms with Crippen LogP contribution in [0.1, 0.15) is 36.0 Å². The molecule has 0 spiro atoms. The smallest absolute Gasteiger partial charge is 0.320 e. The van der Waals surface area contributed by atoms with Crippen molar-refractivity contribution in [2.75, 3.05) is 18.4 Å². The Balaban J connectivity index is 0.00000239. The lowest BCUT2D eigenvalue weighted by atomic mass is 10.1. The van der Waals surface area contributed by atoms with Gasteiger partial charge in [0.2, 0.25) is 11.8 Å². The summed E-state index contributed by atoms with van der Waals surface area (Å²) in [5.74, 6) is 1.07. The van der Waals surface area contributed by atoms with E-state index in [9.17, 15) is 14.4 Å². The highest BCUT2D eigenvalue weighted by Gasteiger charge is 2.39. The van der Waals surface area contributed by atoms with Crippen LogP contribution in [0.5, 0.6) is 11.5 Å². The van der Waals surface area contributed by atoms with E-state index in [1.807, 2.05) is 117 Å². The number of hydrogen-bond acceptors (Lipinski definition) is 9. The normalized spacial score (nSPS) is 14.5. The number of amidine groups is 1. The average Bonchev–Trinajstić information content (AvgIpc) is 3.77. The molecular weight excluding hydrogens is 653 g/mol. The van der Waals surface area contributed by atoms with Gasteiger partial charge in [0, 0.05) is 11.8 Å².